The van der Waals surface area contributed by atoms with Crippen molar-refractivity contribution in [3.8, 4) is 5.75 Å². The summed E-state index contributed by atoms with van der Waals surface area (Å²) in [5.74, 6) is -1.32. The van der Waals surface area contributed by atoms with Crippen molar-refractivity contribution in [2.45, 2.75) is 18.5 Å². The number of fused-ring (bicyclic) bond motifs is 3. The first-order valence-electron chi connectivity index (χ1n) is 6.88. The number of ether oxygens (including phenoxy) is 3. The highest BCUT2D eigenvalue weighted by atomic mass is 16.5. The third kappa shape index (κ3) is 2.07. The summed E-state index contributed by atoms with van der Waals surface area (Å²) in [4.78, 5) is 36.4. The number of nitrogens with zero attached hydrogens (tertiary/aromatic N) is 1. The van der Waals surface area contributed by atoms with Crippen LogP contribution >= 0.6 is 0 Å². The van der Waals surface area contributed by atoms with Crippen LogP contribution in [0.1, 0.15) is 33.3 Å². The predicted octanol–water partition coefficient (Wildman–Crippen LogP) is -0.283. The summed E-state index contributed by atoms with van der Waals surface area (Å²) in [7, 11) is 2.49. The molecular formula is C14H16N2O6. The molecular weight excluding hydrogens is 292 g/mol. The molecule has 1 aromatic rings. The highest BCUT2D eigenvalue weighted by molar-refractivity contribution is 5.98. The van der Waals surface area contributed by atoms with Crippen molar-refractivity contribution in [3.05, 3.63) is 27.7 Å². The standard InChI is InChI=1S/C14H16N2O6/c1-20-12-10-13(18)15-8-6-22-4-3-9(8)16(10)5-7(11(12)17)14(19)21-2/h5,8-9H,3-4,6H2,1-2H3,(H,15,18). The molecule has 2 atom stereocenters. The Morgan fingerprint density at radius 3 is 2.86 bits per heavy atom. The topological polar surface area (TPSA) is 95.9 Å². The number of aromatic nitrogens is 1. The number of amides is 1. The van der Waals surface area contributed by atoms with E-state index in [0.29, 0.717) is 19.6 Å². The van der Waals surface area contributed by atoms with E-state index in [1.54, 1.807) is 4.57 Å². The SMILES string of the molecule is COC(=O)c1cn2c(c(OC)c1=O)C(=O)NC1COCCC12. The lowest BCUT2D eigenvalue weighted by atomic mass is 9.98. The summed E-state index contributed by atoms with van der Waals surface area (Å²) in [5.41, 5.74) is -0.674. The van der Waals surface area contributed by atoms with Gasteiger partial charge in [0.05, 0.1) is 32.9 Å². The van der Waals surface area contributed by atoms with E-state index < -0.39 is 17.3 Å². The molecule has 1 aromatic heterocycles. The molecule has 1 amide bonds. The van der Waals surface area contributed by atoms with Gasteiger partial charge in [0.25, 0.3) is 5.91 Å². The van der Waals surface area contributed by atoms with E-state index in [9.17, 15) is 14.4 Å². The van der Waals surface area contributed by atoms with Gasteiger partial charge < -0.3 is 24.1 Å². The fourth-order valence-corrected chi connectivity index (χ4v) is 2.97. The Hall–Kier alpha value is -2.35. The smallest absolute Gasteiger partial charge is 0.343 e. The molecule has 1 saturated heterocycles. The van der Waals surface area contributed by atoms with Crippen molar-refractivity contribution in [3.63, 3.8) is 0 Å². The van der Waals surface area contributed by atoms with Crippen LogP contribution in [0.2, 0.25) is 0 Å². The maximum Gasteiger partial charge on any atom is 0.343 e. The Labute approximate surface area is 126 Å². The number of pyridine rings is 1. The van der Waals surface area contributed by atoms with E-state index in [2.05, 4.69) is 10.1 Å². The maximum absolute atomic E-state index is 12.3. The van der Waals surface area contributed by atoms with Crippen molar-refractivity contribution in [2.75, 3.05) is 27.4 Å². The van der Waals surface area contributed by atoms with Gasteiger partial charge in [-0.3, -0.25) is 9.59 Å². The number of carbonyl (C=O) groups excluding carboxylic acids is 2. The summed E-state index contributed by atoms with van der Waals surface area (Å²) >= 11 is 0. The second kappa shape index (κ2) is 5.45. The van der Waals surface area contributed by atoms with Crippen molar-refractivity contribution >= 4 is 11.9 Å². The van der Waals surface area contributed by atoms with Crippen LogP contribution in [-0.4, -0.2) is 49.9 Å². The molecule has 3 heterocycles. The Bertz CT molecular complexity index is 695. The van der Waals surface area contributed by atoms with Gasteiger partial charge in [-0.2, -0.15) is 0 Å². The summed E-state index contributed by atoms with van der Waals surface area (Å²) in [5, 5.41) is 2.82. The van der Waals surface area contributed by atoms with Gasteiger partial charge in [0.15, 0.2) is 11.4 Å². The summed E-state index contributed by atoms with van der Waals surface area (Å²) in [6.45, 7) is 0.927. The van der Waals surface area contributed by atoms with E-state index in [1.807, 2.05) is 0 Å². The van der Waals surface area contributed by atoms with Crippen LogP contribution in [0.3, 0.4) is 0 Å². The molecule has 0 aliphatic carbocycles. The molecule has 0 radical (unpaired) electrons. The first-order valence-corrected chi connectivity index (χ1v) is 6.88. The lowest BCUT2D eigenvalue weighted by molar-refractivity contribution is 0.0288. The van der Waals surface area contributed by atoms with Gasteiger partial charge in [-0.15, -0.1) is 0 Å². The predicted molar refractivity (Wildman–Crippen MR) is 74.3 cm³/mol. The molecule has 0 aromatic carbocycles. The molecule has 22 heavy (non-hydrogen) atoms. The second-order valence-corrected chi connectivity index (χ2v) is 5.16. The van der Waals surface area contributed by atoms with Crippen LogP contribution in [0.15, 0.2) is 11.0 Å². The van der Waals surface area contributed by atoms with Crippen LogP contribution in [0.5, 0.6) is 5.75 Å². The number of nitrogens with one attached hydrogen (secondary N) is 1. The zero-order chi connectivity index (χ0) is 15.9. The van der Waals surface area contributed by atoms with Crippen molar-refractivity contribution in [1.82, 2.24) is 9.88 Å². The highest BCUT2D eigenvalue weighted by Crippen LogP contribution is 2.30. The molecule has 0 saturated carbocycles. The molecule has 2 unspecified atom stereocenters. The van der Waals surface area contributed by atoms with Gasteiger partial charge in [-0.1, -0.05) is 0 Å². The number of carbonyl (C=O) groups is 2. The average molecular weight is 308 g/mol. The summed E-state index contributed by atoms with van der Waals surface area (Å²) < 4.78 is 16.7. The largest absolute Gasteiger partial charge is 0.491 e. The monoisotopic (exact) mass is 308 g/mol. The molecule has 8 heteroatoms. The van der Waals surface area contributed by atoms with Gasteiger partial charge >= 0.3 is 5.97 Å². The number of rotatable bonds is 2. The normalized spacial score (nSPS) is 23.1. The van der Waals surface area contributed by atoms with Crippen molar-refractivity contribution in [2.24, 2.45) is 0 Å². The Morgan fingerprint density at radius 1 is 1.41 bits per heavy atom. The molecule has 1 fully saturated rings. The molecule has 0 bridgehead atoms. The molecule has 2 aliphatic rings. The van der Waals surface area contributed by atoms with Gasteiger partial charge in [-0.25, -0.2) is 4.79 Å². The second-order valence-electron chi connectivity index (χ2n) is 5.16. The van der Waals surface area contributed by atoms with Crippen molar-refractivity contribution < 1.29 is 23.8 Å². The fraction of sp³-hybridized carbons (Fsp3) is 0.500. The first-order chi connectivity index (χ1) is 10.6. The first kappa shape index (κ1) is 14.6. The fourth-order valence-electron chi connectivity index (χ4n) is 2.97. The third-order valence-electron chi connectivity index (χ3n) is 4.01. The Balaban J connectivity index is 2.24. The minimum atomic E-state index is -0.756. The van der Waals surface area contributed by atoms with Gasteiger partial charge in [0.1, 0.15) is 5.56 Å². The van der Waals surface area contributed by atoms with Gasteiger partial charge in [-0.05, 0) is 6.42 Å². The van der Waals surface area contributed by atoms with E-state index in [0.717, 1.165) is 0 Å². The lowest BCUT2D eigenvalue weighted by Gasteiger charge is -2.39. The molecule has 118 valence electrons. The Kier molecular flexibility index (Phi) is 3.61. The van der Waals surface area contributed by atoms with Crippen LogP contribution in [0.25, 0.3) is 0 Å². The summed E-state index contributed by atoms with van der Waals surface area (Å²) in [6.07, 6.45) is 2.04. The number of methoxy groups -OCH3 is 2. The van der Waals surface area contributed by atoms with Crippen LogP contribution in [0.4, 0.5) is 0 Å². The van der Waals surface area contributed by atoms with Crippen LogP contribution in [-0.2, 0) is 9.47 Å². The number of esters is 1. The molecule has 8 nitrogen and oxygen atoms in total. The van der Waals surface area contributed by atoms with Crippen molar-refractivity contribution in [1.29, 1.82) is 0 Å². The zero-order valence-electron chi connectivity index (χ0n) is 12.3. The third-order valence-corrected chi connectivity index (χ3v) is 4.01. The van der Waals surface area contributed by atoms with E-state index >= 15 is 0 Å². The molecule has 0 spiro atoms. The van der Waals surface area contributed by atoms with E-state index in [4.69, 9.17) is 9.47 Å². The van der Waals surface area contributed by atoms with Gasteiger partial charge in [0.2, 0.25) is 5.43 Å². The number of hydrogen-bond donors (Lipinski definition) is 1. The average Bonchev–Trinajstić information content (AvgIpc) is 2.54. The lowest BCUT2D eigenvalue weighted by Crippen LogP contribution is -2.53. The zero-order valence-corrected chi connectivity index (χ0v) is 12.3. The highest BCUT2D eigenvalue weighted by Gasteiger charge is 2.38. The van der Waals surface area contributed by atoms with Gasteiger partial charge in [0, 0.05) is 12.8 Å². The molecule has 3 rings (SSSR count). The van der Waals surface area contributed by atoms with E-state index in [1.165, 1.54) is 20.4 Å². The number of hydrogen-bond acceptors (Lipinski definition) is 6. The molecule has 2 aliphatic heterocycles. The van der Waals surface area contributed by atoms with E-state index in [-0.39, 0.29) is 29.1 Å². The Morgan fingerprint density at radius 2 is 2.18 bits per heavy atom. The minimum Gasteiger partial charge on any atom is -0.491 e. The quantitative estimate of drug-likeness (QED) is 0.755. The minimum absolute atomic E-state index is 0.0978. The maximum atomic E-state index is 12.3. The molecule has 1 N–H and O–H groups in total. The van der Waals surface area contributed by atoms with Crippen LogP contribution in [0, 0.1) is 0 Å². The summed E-state index contributed by atoms with van der Waals surface area (Å²) in [6, 6.07) is -0.300. The van der Waals surface area contributed by atoms with Crippen LogP contribution < -0.4 is 15.5 Å².